The lowest BCUT2D eigenvalue weighted by atomic mass is 10.2. The first-order valence-corrected chi connectivity index (χ1v) is 7.28. The number of aromatic nitrogens is 3. The van der Waals surface area contributed by atoms with Crippen LogP contribution in [0.2, 0.25) is 0 Å². The van der Waals surface area contributed by atoms with Crippen molar-refractivity contribution in [2.24, 2.45) is 5.10 Å². The van der Waals surface area contributed by atoms with E-state index in [-0.39, 0.29) is 11.8 Å². The molecular weight excluding hydrogens is 322 g/mol. The van der Waals surface area contributed by atoms with Gasteiger partial charge >= 0.3 is 5.69 Å². The molecule has 120 valence electrons. The number of aromatic amines is 1. The molecule has 2 N–H and O–H groups in total. The van der Waals surface area contributed by atoms with Crippen LogP contribution in [0.3, 0.4) is 0 Å². The van der Waals surface area contributed by atoms with E-state index in [0.29, 0.717) is 22.8 Å². The summed E-state index contributed by atoms with van der Waals surface area (Å²) in [6.07, 6.45) is 3.02. The molecule has 1 aliphatic heterocycles. The fraction of sp³-hybridized carbons (Fsp3) is 0.308. The van der Waals surface area contributed by atoms with Gasteiger partial charge in [0.05, 0.1) is 11.1 Å². The number of nitro benzene ring substituents is 1. The Morgan fingerprint density at radius 2 is 2.43 bits per heavy atom. The standard InChI is InChI=1S/C13H13N5O4S/c19-10-4-3-8(6-9(10)18(20)21)7-14-17-12(15-16-13(17)23)11-2-1-5-22-11/h3-4,6-7,11,19H,1-2,5H2,(H,16,23)/b14-7+/t11-/m0/s1. The van der Waals surface area contributed by atoms with Gasteiger partial charge in [-0.1, -0.05) is 0 Å². The number of hydrogen-bond acceptors (Lipinski definition) is 7. The molecule has 1 aliphatic rings. The molecule has 0 saturated carbocycles. The Balaban J connectivity index is 1.92. The minimum absolute atomic E-state index is 0.172. The van der Waals surface area contributed by atoms with Gasteiger partial charge in [0, 0.05) is 18.2 Å². The summed E-state index contributed by atoms with van der Waals surface area (Å²) in [5.74, 6) is 0.171. The summed E-state index contributed by atoms with van der Waals surface area (Å²) in [7, 11) is 0. The minimum atomic E-state index is -0.659. The van der Waals surface area contributed by atoms with E-state index in [2.05, 4.69) is 15.3 Å². The van der Waals surface area contributed by atoms with E-state index in [0.717, 1.165) is 12.8 Å². The summed E-state index contributed by atoms with van der Waals surface area (Å²) >= 11 is 5.14. The van der Waals surface area contributed by atoms with E-state index < -0.39 is 10.7 Å². The smallest absolute Gasteiger partial charge is 0.311 e. The molecule has 1 aromatic heterocycles. The van der Waals surface area contributed by atoms with Gasteiger partial charge in [0.15, 0.2) is 11.6 Å². The predicted molar refractivity (Wildman–Crippen MR) is 83.1 cm³/mol. The molecule has 1 saturated heterocycles. The molecule has 0 aliphatic carbocycles. The number of phenols is 1. The monoisotopic (exact) mass is 335 g/mol. The maximum absolute atomic E-state index is 10.8. The van der Waals surface area contributed by atoms with Crippen LogP contribution in [0.1, 0.15) is 30.3 Å². The van der Waals surface area contributed by atoms with Crippen molar-refractivity contribution in [2.75, 3.05) is 6.61 Å². The van der Waals surface area contributed by atoms with Crippen LogP contribution in [0, 0.1) is 14.9 Å². The van der Waals surface area contributed by atoms with Gasteiger partial charge in [0.2, 0.25) is 4.77 Å². The molecule has 9 nitrogen and oxygen atoms in total. The van der Waals surface area contributed by atoms with Crippen LogP contribution in [0.15, 0.2) is 23.3 Å². The Kier molecular flexibility index (Phi) is 4.17. The van der Waals surface area contributed by atoms with Crippen LogP contribution < -0.4 is 0 Å². The Morgan fingerprint density at radius 3 is 3.13 bits per heavy atom. The first kappa shape index (κ1) is 15.3. The second-order valence-electron chi connectivity index (χ2n) is 4.95. The number of ether oxygens (including phenoxy) is 1. The minimum Gasteiger partial charge on any atom is -0.502 e. The second-order valence-corrected chi connectivity index (χ2v) is 5.34. The molecule has 0 bridgehead atoms. The van der Waals surface area contributed by atoms with E-state index in [9.17, 15) is 15.2 Å². The van der Waals surface area contributed by atoms with Gasteiger partial charge in [0.1, 0.15) is 6.10 Å². The molecule has 2 heterocycles. The predicted octanol–water partition coefficient (Wildman–Crippen LogP) is 2.29. The molecular formula is C13H13N5O4S. The maximum atomic E-state index is 10.8. The zero-order chi connectivity index (χ0) is 16.4. The number of hydrogen-bond donors (Lipinski definition) is 2. The van der Waals surface area contributed by atoms with Crippen molar-refractivity contribution < 1.29 is 14.8 Å². The van der Waals surface area contributed by atoms with Crippen LogP contribution in [0.5, 0.6) is 5.75 Å². The molecule has 3 rings (SSSR count). The first-order chi connectivity index (χ1) is 11.1. The fourth-order valence-electron chi connectivity index (χ4n) is 2.30. The van der Waals surface area contributed by atoms with Crippen LogP contribution in [-0.2, 0) is 4.74 Å². The average Bonchev–Trinajstić information content (AvgIpc) is 3.16. The number of nitrogens with zero attached hydrogens (tertiary/aromatic N) is 4. The van der Waals surface area contributed by atoms with Gasteiger partial charge in [-0.05, 0) is 37.2 Å². The third-order valence-electron chi connectivity index (χ3n) is 3.41. The fourth-order valence-corrected chi connectivity index (χ4v) is 2.48. The number of rotatable bonds is 4. The van der Waals surface area contributed by atoms with E-state index in [1.165, 1.54) is 29.1 Å². The highest BCUT2D eigenvalue weighted by Gasteiger charge is 2.23. The number of nitro groups is 1. The zero-order valence-electron chi connectivity index (χ0n) is 11.9. The first-order valence-electron chi connectivity index (χ1n) is 6.87. The number of nitrogens with one attached hydrogen (secondary N) is 1. The number of aromatic hydroxyl groups is 1. The molecule has 0 amide bonds. The van der Waals surface area contributed by atoms with E-state index in [4.69, 9.17) is 17.0 Å². The summed E-state index contributed by atoms with van der Waals surface area (Å²) in [4.78, 5) is 10.2. The lowest BCUT2D eigenvalue weighted by molar-refractivity contribution is -0.385. The van der Waals surface area contributed by atoms with E-state index in [1.807, 2.05) is 0 Å². The summed E-state index contributed by atoms with van der Waals surface area (Å²) < 4.78 is 7.31. The maximum Gasteiger partial charge on any atom is 0.311 e. The van der Waals surface area contributed by atoms with Crippen molar-refractivity contribution in [3.63, 3.8) is 0 Å². The quantitative estimate of drug-likeness (QED) is 0.383. The van der Waals surface area contributed by atoms with Crippen LogP contribution in [0.25, 0.3) is 0 Å². The zero-order valence-corrected chi connectivity index (χ0v) is 12.7. The Morgan fingerprint density at radius 1 is 1.61 bits per heavy atom. The molecule has 0 radical (unpaired) electrons. The molecule has 0 unspecified atom stereocenters. The van der Waals surface area contributed by atoms with Gasteiger partial charge in [-0.15, -0.1) is 0 Å². The van der Waals surface area contributed by atoms with Gasteiger partial charge in [-0.2, -0.15) is 14.9 Å². The highest BCUT2D eigenvalue weighted by Crippen LogP contribution is 2.27. The topological polar surface area (TPSA) is 119 Å². The summed E-state index contributed by atoms with van der Waals surface area (Å²) in [6.45, 7) is 0.665. The number of benzene rings is 1. The molecule has 1 atom stereocenters. The van der Waals surface area contributed by atoms with Gasteiger partial charge in [-0.25, -0.2) is 0 Å². The van der Waals surface area contributed by atoms with Crippen molar-refractivity contribution in [3.8, 4) is 5.75 Å². The third kappa shape index (κ3) is 3.12. The lowest BCUT2D eigenvalue weighted by Crippen LogP contribution is -2.05. The van der Waals surface area contributed by atoms with Crippen LogP contribution >= 0.6 is 12.2 Å². The summed E-state index contributed by atoms with van der Waals surface area (Å²) in [5, 5.41) is 31.3. The third-order valence-corrected chi connectivity index (χ3v) is 3.68. The molecule has 1 fully saturated rings. The van der Waals surface area contributed by atoms with Crippen molar-refractivity contribution in [3.05, 3.63) is 44.5 Å². The molecule has 0 spiro atoms. The summed E-state index contributed by atoms with van der Waals surface area (Å²) in [5.41, 5.74) is 0.0694. The molecule has 2 aromatic rings. The van der Waals surface area contributed by atoms with E-state index in [1.54, 1.807) is 0 Å². The van der Waals surface area contributed by atoms with Crippen molar-refractivity contribution in [1.82, 2.24) is 14.9 Å². The van der Waals surface area contributed by atoms with Gasteiger partial charge in [-0.3, -0.25) is 15.2 Å². The second kappa shape index (κ2) is 6.26. The molecule has 1 aromatic carbocycles. The highest BCUT2D eigenvalue weighted by atomic mass is 32.1. The van der Waals surface area contributed by atoms with Crippen LogP contribution in [-0.4, -0.2) is 37.7 Å². The molecule has 10 heteroatoms. The van der Waals surface area contributed by atoms with Gasteiger partial charge in [0.25, 0.3) is 0 Å². The Bertz CT molecular complexity index is 822. The van der Waals surface area contributed by atoms with Crippen LogP contribution in [0.4, 0.5) is 5.69 Å². The normalized spacial score (nSPS) is 17.8. The van der Waals surface area contributed by atoms with Crippen molar-refractivity contribution >= 4 is 24.1 Å². The van der Waals surface area contributed by atoms with E-state index >= 15 is 0 Å². The van der Waals surface area contributed by atoms with Crippen molar-refractivity contribution in [1.29, 1.82) is 0 Å². The number of phenolic OH excluding ortho intramolecular Hbond substituents is 1. The molecule has 23 heavy (non-hydrogen) atoms. The summed E-state index contributed by atoms with van der Waals surface area (Å²) in [6, 6.07) is 3.99. The Hall–Kier alpha value is -2.59. The average molecular weight is 335 g/mol. The van der Waals surface area contributed by atoms with Crippen molar-refractivity contribution in [2.45, 2.75) is 18.9 Å². The highest BCUT2D eigenvalue weighted by molar-refractivity contribution is 7.71. The SMILES string of the molecule is O=[N+]([O-])c1cc(/C=N/n2c([C@@H]3CCCO3)n[nH]c2=S)ccc1O. The largest absolute Gasteiger partial charge is 0.502 e. The van der Waals surface area contributed by atoms with Gasteiger partial charge < -0.3 is 9.84 Å². The number of H-pyrrole nitrogens is 1. The Labute approximate surface area is 135 Å². The lowest BCUT2D eigenvalue weighted by Gasteiger charge is -2.07.